The van der Waals surface area contributed by atoms with Gasteiger partial charge in [-0.25, -0.2) is 17.5 Å². The van der Waals surface area contributed by atoms with Crippen LogP contribution in [0.15, 0.2) is 46.1 Å². The number of sulfonamides is 1. The summed E-state index contributed by atoms with van der Waals surface area (Å²) in [5.74, 6) is -0.381. The van der Waals surface area contributed by atoms with Crippen LogP contribution in [0.3, 0.4) is 0 Å². The zero-order valence-corrected chi connectivity index (χ0v) is 13.6. The molecule has 0 fully saturated rings. The van der Waals surface area contributed by atoms with E-state index in [-0.39, 0.29) is 18.6 Å². The van der Waals surface area contributed by atoms with E-state index in [0.29, 0.717) is 11.4 Å². The van der Waals surface area contributed by atoms with E-state index >= 15 is 0 Å². The molecule has 0 saturated carbocycles. The Bertz CT molecular complexity index is 862. The molecular formula is C15H17FN2O4S. The van der Waals surface area contributed by atoms with Gasteiger partial charge in [0.2, 0.25) is 10.0 Å². The van der Waals surface area contributed by atoms with Crippen molar-refractivity contribution >= 4 is 10.0 Å². The minimum atomic E-state index is -3.96. The molecule has 1 aromatic heterocycles. The molecule has 1 N–H and O–H groups in total. The van der Waals surface area contributed by atoms with E-state index < -0.39 is 20.7 Å². The van der Waals surface area contributed by atoms with Gasteiger partial charge in [-0.05, 0) is 25.1 Å². The lowest BCUT2D eigenvalue weighted by atomic mass is 10.3. The standard InChI is InChI=1S/C15H17FN2O4S/c1-11-9-12(22-2)10-15(19)18(11)8-7-17-23(20,21)14-6-4-3-5-13(14)16/h3-6,9-10,17H,7-8H2,1-2H3. The lowest BCUT2D eigenvalue weighted by Crippen LogP contribution is -2.32. The molecule has 0 atom stereocenters. The van der Waals surface area contributed by atoms with Crippen LogP contribution >= 0.6 is 0 Å². The average molecular weight is 340 g/mol. The molecule has 1 aromatic carbocycles. The van der Waals surface area contributed by atoms with Crippen molar-refractivity contribution in [2.75, 3.05) is 13.7 Å². The summed E-state index contributed by atoms with van der Waals surface area (Å²) in [6.45, 7) is 1.81. The molecule has 8 heteroatoms. The van der Waals surface area contributed by atoms with Crippen LogP contribution in [0.4, 0.5) is 4.39 Å². The number of rotatable bonds is 6. The summed E-state index contributed by atoms with van der Waals surface area (Å²) in [6, 6.07) is 8.10. The molecular weight excluding hydrogens is 323 g/mol. The monoisotopic (exact) mass is 340 g/mol. The second-order valence-electron chi connectivity index (χ2n) is 4.85. The number of hydrogen-bond donors (Lipinski definition) is 1. The Morgan fingerprint density at radius 1 is 1.26 bits per heavy atom. The molecule has 124 valence electrons. The highest BCUT2D eigenvalue weighted by atomic mass is 32.2. The quantitative estimate of drug-likeness (QED) is 0.859. The second kappa shape index (κ2) is 6.93. The Labute approximate surface area is 133 Å². The number of pyridine rings is 1. The van der Waals surface area contributed by atoms with Crippen molar-refractivity contribution in [3.8, 4) is 5.75 Å². The van der Waals surface area contributed by atoms with Crippen LogP contribution < -0.4 is 15.0 Å². The van der Waals surface area contributed by atoms with Crippen LogP contribution in [0, 0.1) is 12.7 Å². The van der Waals surface area contributed by atoms with Crippen LogP contribution in [0.5, 0.6) is 5.75 Å². The summed E-state index contributed by atoms with van der Waals surface area (Å²) in [5.41, 5.74) is 0.339. The Hall–Kier alpha value is -2.19. The summed E-state index contributed by atoms with van der Waals surface area (Å²) < 4.78 is 46.4. The summed E-state index contributed by atoms with van der Waals surface area (Å²) in [4.78, 5) is 11.5. The lowest BCUT2D eigenvalue weighted by molar-refractivity contribution is 0.411. The number of benzene rings is 1. The Morgan fingerprint density at radius 2 is 1.96 bits per heavy atom. The third kappa shape index (κ3) is 3.96. The first-order valence-electron chi connectivity index (χ1n) is 6.85. The molecule has 0 radical (unpaired) electrons. The number of halogens is 1. The number of hydrogen-bond acceptors (Lipinski definition) is 4. The second-order valence-corrected chi connectivity index (χ2v) is 6.59. The molecule has 2 aromatic rings. The smallest absolute Gasteiger partial charge is 0.254 e. The van der Waals surface area contributed by atoms with E-state index in [1.165, 1.54) is 35.9 Å². The molecule has 0 amide bonds. The van der Waals surface area contributed by atoms with Gasteiger partial charge in [0.05, 0.1) is 7.11 Å². The number of aryl methyl sites for hydroxylation is 1. The number of aromatic nitrogens is 1. The normalized spacial score (nSPS) is 11.4. The van der Waals surface area contributed by atoms with Gasteiger partial charge in [-0.3, -0.25) is 4.79 Å². The molecule has 0 aliphatic rings. The van der Waals surface area contributed by atoms with E-state index in [1.54, 1.807) is 13.0 Å². The number of ether oxygens (including phenoxy) is 1. The Kier molecular flexibility index (Phi) is 5.17. The molecule has 0 bridgehead atoms. The van der Waals surface area contributed by atoms with E-state index in [2.05, 4.69) is 4.72 Å². The minimum absolute atomic E-state index is 0.0380. The maximum absolute atomic E-state index is 13.6. The van der Waals surface area contributed by atoms with Crippen molar-refractivity contribution < 1.29 is 17.5 Å². The Balaban J connectivity index is 2.11. The third-order valence-electron chi connectivity index (χ3n) is 3.30. The van der Waals surface area contributed by atoms with Crippen LogP contribution in [0.1, 0.15) is 5.69 Å². The van der Waals surface area contributed by atoms with Gasteiger partial charge in [-0.15, -0.1) is 0 Å². The fourth-order valence-corrected chi connectivity index (χ4v) is 3.23. The Morgan fingerprint density at radius 3 is 2.57 bits per heavy atom. The van der Waals surface area contributed by atoms with E-state index in [4.69, 9.17) is 4.74 Å². The summed E-state index contributed by atoms with van der Waals surface area (Å²) in [5, 5.41) is 0. The first-order valence-corrected chi connectivity index (χ1v) is 8.33. The number of nitrogens with zero attached hydrogens (tertiary/aromatic N) is 1. The summed E-state index contributed by atoms with van der Waals surface area (Å²) >= 11 is 0. The summed E-state index contributed by atoms with van der Waals surface area (Å²) in [6.07, 6.45) is 0. The van der Waals surface area contributed by atoms with Crippen molar-refractivity contribution in [3.05, 3.63) is 58.3 Å². The molecule has 23 heavy (non-hydrogen) atoms. The maximum Gasteiger partial charge on any atom is 0.254 e. The molecule has 2 rings (SSSR count). The van der Waals surface area contributed by atoms with Crippen LogP contribution in [-0.4, -0.2) is 26.6 Å². The molecule has 0 unspecified atom stereocenters. The van der Waals surface area contributed by atoms with Gasteiger partial charge in [0.15, 0.2) is 0 Å². The van der Waals surface area contributed by atoms with Crippen LogP contribution in [-0.2, 0) is 16.6 Å². The van der Waals surface area contributed by atoms with E-state index in [1.807, 2.05) is 0 Å². The van der Waals surface area contributed by atoms with Gasteiger partial charge in [-0.1, -0.05) is 12.1 Å². The first kappa shape index (κ1) is 17.2. The van der Waals surface area contributed by atoms with Gasteiger partial charge in [0.1, 0.15) is 16.5 Å². The molecule has 6 nitrogen and oxygen atoms in total. The van der Waals surface area contributed by atoms with Gasteiger partial charge in [0, 0.05) is 24.8 Å². The van der Waals surface area contributed by atoms with Gasteiger partial charge in [0.25, 0.3) is 5.56 Å². The average Bonchev–Trinajstić information content (AvgIpc) is 2.50. The highest BCUT2D eigenvalue weighted by Gasteiger charge is 2.17. The van der Waals surface area contributed by atoms with Crippen molar-refractivity contribution in [2.45, 2.75) is 18.4 Å². The third-order valence-corrected chi connectivity index (χ3v) is 4.79. The zero-order chi connectivity index (χ0) is 17.0. The fourth-order valence-electron chi connectivity index (χ4n) is 2.14. The van der Waals surface area contributed by atoms with Crippen molar-refractivity contribution in [2.24, 2.45) is 0 Å². The summed E-state index contributed by atoms with van der Waals surface area (Å²) in [7, 11) is -2.51. The van der Waals surface area contributed by atoms with Crippen LogP contribution in [0.25, 0.3) is 0 Å². The number of nitrogens with one attached hydrogen (secondary N) is 1. The van der Waals surface area contributed by atoms with Crippen molar-refractivity contribution in [1.29, 1.82) is 0 Å². The highest BCUT2D eigenvalue weighted by Crippen LogP contribution is 2.13. The van der Waals surface area contributed by atoms with Crippen LogP contribution in [0.2, 0.25) is 0 Å². The molecule has 0 spiro atoms. The maximum atomic E-state index is 13.6. The largest absolute Gasteiger partial charge is 0.496 e. The topological polar surface area (TPSA) is 77.4 Å². The minimum Gasteiger partial charge on any atom is -0.496 e. The van der Waals surface area contributed by atoms with E-state index in [0.717, 1.165) is 6.07 Å². The predicted molar refractivity (Wildman–Crippen MR) is 83.6 cm³/mol. The SMILES string of the molecule is COc1cc(C)n(CCNS(=O)(=O)c2ccccc2F)c(=O)c1. The highest BCUT2D eigenvalue weighted by molar-refractivity contribution is 7.89. The van der Waals surface area contributed by atoms with Crippen molar-refractivity contribution in [3.63, 3.8) is 0 Å². The molecule has 0 saturated heterocycles. The van der Waals surface area contributed by atoms with Gasteiger partial charge in [-0.2, -0.15) is 0 Å². The molecule has 0 aliphatic heterocycles. The molecule has 0 aliphatic carbocycles. The zero-order valence-electron chi connectivity index (χ0n) is 12.7. The number of methoxy groups -OCH3 is 1. The van der Waals surface area contributed by atoms with E-state index in [9.17, 15) is 17.6 Å². The molecule has 1 heterocycles. The van der Waals surface area contributed by atoms with Gasteiger partial charge < -0.3 is 9.30 Å². The van der Waals surface area contributed by atoms with Crippen molar-refractivity contribution in [1.82, 2.24) is 9.29 Å². The van der Waals surface area contributed by atoms with Gasteiger partial charge >= 0.3 is 0 Å². The predicted octanol–water partition coefficient (Wildman–Crippen LogP) is 1.28. The first-order chi connectivity index (χ1) is 10.8. The fraction of sp³-hybridized carbons (Fsp3) is 0.267. The lowest BCUT2D eigenvalue weighted by Gasteiger charge is -2.12.